The number of halogens is 3. The molecule has 1 aliphatic heterocycles. The van der Waals surface area contributed by atoms with E-state index in [0.29, 0.717) is 17.3 Å². The first-order chi connectivity index (χ1) is 8.25. The third-order valence-corrected chi connectivity index (χ3v) is 3.37. The van der Waals surface area contributed by atoms with Crippen LogP contribution in [0, 0.1) is 0 Å². The van der Waals surface area contributed by atoms with Crippen molar-refractivity contribution in [3.05, 3.63) is 23.2 Å². The molecule has 2 N–H and O–H groups in total. The number of likely N-dealkylation sites (tertiary alicyclic amines) is 1. The number of nitrogens with zero attached hydrogens (tertiary/aromatic N) is 1. The van der Waals surface area contributed by atoms with Crippen molar-refractivity contribution in [3.63, 3.8) is 0 Å². The van der Waals surface area contributed by atoms with E-state index in [9.17, 15) is 0 Å². The van der Waals surface area contributed by atoms with Crippen LogP contribution < -0.4 is 10.5 Å². The predicted octanol–water partition coefficient (Wildman–Crippen LogP) is 3.63. The van der Waals surface area contributed by atoms with Gasteiger partial charge in [0.1, 0.15) is 12.4 Å². The lowest BCUT2D eigenvalue weighted by Crippen LogP contribution is -2.33. The molecule has 0 atom stereocenters. The molecule has 1 saturated heterocycles. The van der Waals surface area contributed by atoms with Crippen molar-refractivity contribution in [3.8, 4) is 5.75 Å². The molecule has 0 aliphatic carbocycles. The summed E-state index contributed by atoms with van der Waals surface area (Å²) in [6.07, 6.45) is 3.98. The van der Waals surface area contributed by atoms with Gasteiger partial charge in [0.2, 0.25) is 0 Å². The maximum Gasteiger partial charge on any atom is 0.138 e. The van der Waals surface area contributed by atoms with Crippen LogP contribution in [0.25, 0.3) is 0 Å². The van der Waals surface area contributed by atoms with Crippen molar-refractivity contribution < 1.29 is 4.74 Å². The lowest BCUT2D eigenvalue weighted by molar-refractivity contribution is 0.183. The van der Waals surface area contributed by atoms with E-state index in [1.807, 2.05) is 12.1 Å². The van der Waals surface area contributed by atoms with Gasteiger partial charge in [-0.25, -0.2) is 0 Å². The first kappa shape index (κ1) is 18.7. The van der Waals surface area contributed by atoms with Crippen molar-refractivity contribution in [2.75, 3.05) is 32.0 Å². The van der Waals surface area contributed by atoms with Crippen LogP contribution in [0.3, 0.4) is 0 Å². The van der Waals surface area contributed by atoms with Crippen LogP contribution in [-0.4, -0.2) is 31.1 Å². The molecule has 0 unspecified atom stereocenters. The first-order valence-electron chi connectivity index (χ1n) is 6.16. The van der Waals surface area contributed by atoms with E-state index in [2.05, 4.69) is 4.90 Å². The lowest BCUT2D eigenvalue weighted by Gasteiger charge is -2.26. The molecule has 1 fully saturated rings. The molecule has 1 aromatic carbocycles. The van der Waals surface area contributed by atoms with Crippen LogP contribution in [0.4, 0.5) is 5.69 Å². The summed E-state index contributed by atoms with van der Waals surface area (Å²) in [6.45, 7) is 4.04. The third kappa shape index (κ3) is 6.09. The Hall–Kier alpha value is -0.350. The number of rotatable bonds is 4. The molecule has 1 aliphatic rings. The molecule has 2 rings (SSSR count). The Balaban J connectivity index is 0.00000162. The monoisotopic (exact) mass is 326 g/mol. The molecule has 110 valence electrons. The summed E-state index contributed by atoms with van der Waals surface area (Å²) in [5, 5.41) is 0.587. The summed E-state index contributed by atoms with van der Waals surface area (Å²) in [4.78, 5) is 2.44. The molecular formula is C13H21Cl3N2O. The highest BCUT2D eigenvalue weighted by Crippen LogP contribution is 2.26. The van der Waals surface area contributed by atoms with Crippen LogP contribution in [0.5, 0.6) is 5.75 Å². The highest BCUT2D eigenvalue weighted by Gasteiger charge is 2.10. The van der Waals surface area contributed by atoms with Gasteiger partial charge in [0.05, 0.1) is 5.02 Å². The van der Waals surface area contributed by atoms with Gasteiger partial charge in [-0.15, -0.1) is 24.8 Å². The summed E-state index contributed by atoms with van der Waals surface area (Å²) in [5.41, 5.74) is 6.29. The van der Waals surface area contributed by atoms with Crippen LogP contribution in [0.2, 0.25) is 5.02 Å². The first-order valence-corrected chi connectivity index (χ1v) is 6.54. The van der Waals surface area contributed by atoms with Gasteiger partial charge in [-0.1, -0.05) is 18.0 Å². The Bertz CT molecular complexity index is 371. The summed E-state index contributed by atoms with van der Waals surface area (Å²) >= 11 is 6.03. The minimum Gasteiger partial charge on any atom is -0.491 e. The largest absolute Gasteiger partial charge is 0.491 e. The standard InChI is InChI=1S/C13H19ClN2O.2ClH/c14-12-10-11(15)4-5-13(12)17-9-8-16-6-2-1-3-7-16;;/h4-5,10H,1-3,6-9,15H2;2*1H. The summed E-state index contributed by atoms with van der Waals surface area (Å²) < 4.78 is 5.67. The van der Waals surface area contributed by atoms with Crippen molar-refractivity contribution in [1.82, 2.24) is 4.90 Å². The van der Waals surface area contributed by atoms with E-state index >= 15 is 0 Å². The molecule has 0 saturated carbocycles. The molecule has 0 radical (unpaired) electrons. The Morgan fingerprint density at radius 1 is 1.16 bits per heavy atom. The minimum absolute atomic E-state index is 0. The van der Waals surface area contributed by atoms with Crippen molar-refractivity contribution in [2.24, 2.45) is 0 Å². The van der Waals surface area contributed by atoms with Gasteiger partial charge in [0.15, 0.2) is 0 Å². The topological polar surface area (TPSA) is 38.5 Å². The van der Waals surface area contributed by atoms with Gasteiger partial charge in [-0.3, -0.25) is 4.90 Å². The van der Waals surface area contributed by atoms with Crippen LogP contribution in [-0.2, 0) is 0 Å². The van der Waals surface area contributed by atoms with Crippen LogP contribution in [0.15, 0.2) is 18.2 Å². The minimum atomic E-state index is 0. The fourth-order valence-corrected chi connectivity index (χ4v) is 2.35. The number of hydrogen-bond donors (Lipinski definition) is 1. The number of hydrogen-bond acceptors (Lipinski definition) is 3. The Morgan fingerprint density at radius 3 is 2.47 bits per heavy atom. The summed E-state index contributed by atoms with van der Waals surface area (Å²) in [7, 11) is 0. The van der Waals surface area contributed by atoms with E-state index < -0.39 is 0 Å². The highest BCUT2D eigenvalue weighted by atomic mass is 35.5. The Morgan fingerprint density at radius 2 is 1.84 bits per heavy atom. The molecular weight excluding hydrogens is 307 g/mol. The Kier molecular flexibility index (Phi) is 9.36. The normalized spacial score (nSPS) is 15.2. The molecule has 0 aromatic heterocycles. The molecule has 19 heavy (non-hydrogen) atoms. The van der Waals surface area contributed by atoms with Crippen molar-refractivity contribution >= 4 is 42.1 Å². The average Bonchev–Trinajstić information content (AvgIpc) is 2.33. The van der Waals surface area contributed by atoms with Gasteiger partial charge in [-0.05, 0) is 44.1 Å². The fourth-order valence-electron chi connectivity index (χ4n) is 2.10. The zero-order valence-electron chi connectivity index (χ0n) is 10.8. The van der Waals surface area contributed by atoms with Gasteiger partial charge in [0.25, 0.3) is 0 Å². The fraction of sp³-hybridized carbons (Fsp3) is 0.538. The quantitative estimate of drug-likeness (QED) is 0.858. The average molecular weight is 328 g/mol. The molecule has 3 nitrogen and oxygen atoms in total. The number of nitrogens with two attached hydrogens (primary N) is 1. The number of anilines is 1. The zero-order chi connectivity index (χ0) is 12.1. The van der Waals surface area contributed by atoms with Gasteiger partial charge < -0.3 is 10.5 Å². The summed E-state index contributed by atoms with van der Waals surface area (Å²) in [5.74, 6) is 0.720. The predicted molar refractivity (Wildman–Crippen MR) is 86.1 cm³/mol. The second kappa shape index (κ2) is 9.54. The van der Waals surface area contributed by atoms with E-state index in [1.54, 1.807) is 6.07 Å². The molecule has 0 spiro atoms. The molecule has 1 aromatic rings. The van der Waals surface area contributed by atoms with Crippen molar-refractivity contribution in [2.45, 2.75) is 19.3 Å². The maximum absolute atomic E-state index is 6.03. The second-order valence-electron chi connectivity index (χ2n) is 4.44. The van der Waals surface area contributed by atoms with Gasteiger partial charge in [0, 0.05) is 12.2 Å². The van der Waals surface area contributed by atoms with Crippen LogP contribution in [0.1, 0.15) is 19.3 Å². The number of ether oxygens (including phenoxy) is 1. The van der Waals surface area contributed by atoms with Crippen LogP contribution >= 0.6 is 36.4 Å². The lowest BCUT2D eigenvalue weighted by atomic mass is 10.1. The number of benzene rings is 1. The third-order valence-electron chi connectivity index (χ3n) is 3.07. The van der Waals surface area contributed by atoms with E-state index in [1.165, 1.54) is 32.4 Å². The number of nitrogen functional groups attached to an aromatic ring is 1. The molecule has 0 amide bonds. The number of piperidine rings is 1. The highest BCUT2D eigenvalue weighted by molar-refractivity contribution is 6.32. The van der Waals surface area contributed by atoms with Gasteiger partial charge >= 0.3 is 0 Å². The van der Waals surface area contributed by atoms with Crippen molar-refractivity contribution in [1.29, 1.82) is 0 Å². The summed E-state index contributed by atoms with van der Waals surface area (Å²) in [6, 6.07) is 5.35. The Labute approximate surface area is 132 Å². The van der Waals surface area contributed by atoms with E-state index in [4.69, 9.17) is 22.1 Å². The molecule has 0 bridgehead atoms. The van der Waals surface area contributed by atoms with E-state index in [-0.39, 0.29) is 24.8 Å². The molecule has 6 heteroatoms. The second-order valence-corrected chi connectivity index (χ2v) is 4.85. The maximum atomic E-state index is 6.03. The molecule has 1 heterocycles. The zero-order valence-corrected chi connectivity index (χ0v) is 13.2. The van der Waals surface area contributed by atoms with Gasteiger partial charge in [-0.2, -0.15) is 0 Å². The SMILES string of the molecule is Cl.Cl.Nc1ccc(OCCN2CCCCC2)c(Cl)c1. The smallest absolute Gasteiger partial charge is 0.138 e. The van der Waals surface area contributed by atoms with E-state index in [0.717, 1.165) is 12.3 Å².